The Labute approximate surface area is 121 Å². The highest BCUT2D eigenvalue weighted by Gasteiger charge is 2.07. The Bertz CT molecular complexity index is 294. The molecule has 0 bridgehead atoms. The normalized spacial score (nSPS) is 20.8. The zero-order valence-electron chi connectivity index (χ0n) is 10.4. The van der Waals surface area contributed by atoms with Crippen LogP contribution in [0.4, 0.5) is 5.69 Å². The number of nitrogens with zero attached hydrogens (tertiary/aromatic N) is 1. The predicted molar refractivity (Wildman–Crippen MR) is 83.1 cm³/mol. The molecule has 3 nitrogen and oxygen atoms in total. The lowest BCUT2D eigenvalue weighted by atomic mass is 10.5. The number of hydrogen-bond acceptors (Lipinski definition) is 6. The Hall–Kier alpha value is 0.120. The molecule has 0 saturated carbocycles. The number of rotatable bonds is 1. The van der Waals surface area contributed by atoms with Crippen LogP contribution in [0.2, 0.25) is 0 Å². The molecule has 0 N–H and O–H groups in total. The second-order valence-corrected chi connectivity index (χ2v) is 6.75. The Morgan fingerprint density at radius 2 is 1.61 bits per heavy atom. The molecule has 1 aliphatic heterocycles. The summed E-state index contributed by atoms with van der Waals surface area (Å²) >= 11 is 5.62. The van der Waals surface area contributed by atoms with Crippen molar-refractivity contribution in [2.45, 2.75) is 0 Å². The van der Waals surface area contributed by atoms with Gasteiger partial charge < -0.3 is 14.4 Å². The molecule has 0 unspecified atom stereocenters. The fraction of sp³-hybridized carbons (Fsp3) is 0.667. The van der Waals surface area contributed by atoms with Crippen molar-refractivity contribution >= 4 is 40.5 Å². The molecular formula is C12H19NO2S3. The summed E-state index contributed by atoms with van der Waals surface area (Å²) in [5, 5.41) is 4.35. The van der Waals surface area contributed by atoms with Crippen LogP contribution in [0.3, 0.4) is 0 Å². The van der Waals surface area contributed by atoms with Gasteiger partial charge in [-0.3, -0.25) is 0 Å². The van der Waals surface area contributed by atoms with E-state index in [4.69, 9.17) is 9.47 Å². The van der Waals surface area contributed by atoms with Crippen LogP contribution in [-0.4, -0.2) is 49.7 Å². The lowest BCUT2D eigenvalue weighted by molar-refractivity contribution is 0.0605. The van der Waals surface area contributed by atoms with Crippen molar-refractivity contribution in [3.05, 3.63) is 16.8 Å². The summed E-state index contributed by atoms with van der Waals surface area (Å²) in [6.45, 7) is 3.08. The molecule has 1 aromatic rings. The zero-order valence-corrected chi connectivity index (χ0v) is 12.8. The molecule has 2 heterocycles. The molecule has 2 rings (SSSR count). The minimum atomic E-state index is 0.722. The van der Waals surface area contributed by atoms with Crippen molar-refractivity contribution in [1.82, 2.24) is 0 Å². The molecule has 0 atom stereocenters. The summed E-state index contributed by atoms with van der Waals surface area (Å²) in [6, 6.07) is 2.19. The third-order valence-electron chi connectivity index (χ3n) is 2.48. The van der Waals surface area contributed by atoms with Gasteiger partial charge in [0.2, 0.25) is 0 Å². The molecule has 0 aromatic carbocycles. The van der Waals surface area contributed by atoms with Gasteiger partial charge in [0.25, 0.3) is 0 Å². The van der Waals surface area contributed by atoms with Crippen molar-refractivity contribution in [2.75, 3.05) is 54.6 Å². The Kier molecular flexibility index (Phi) is 7.34. The highest BCUT2D eigenvalue weighted by molar-refractivity contribution is 8.00. The van der Waals surface area contributed by atoms with E-state index in [2.05, 4.69) is 21.7 Å². The summed E-state index contributed by atoms with van der Waals surface area (Å²) in [5.41, 5.74) is 1.33. The minimum Gasteiger partial charge on any atom is -0.378 e. The first kappa shape index (κ1) is 14.5. The van der Waals surface area contributed by atoms with Crippen molar-refractivity contribution < 1.29 is 9.47 Å². The van der Waals surface area contributed by atoms with E-state index in [0.29, 0.717) is 0 Å². The van der Waals surface area contributed by atoms with E-state index in [1.807, 2.05) is 23.5 Å². The Morgan fingerprint density at radius 1 is 0.944 bits per heavy atom. The fourth-order valence-corrected chi connectivity index (χ4v) is 3.96. The molecule has 18 heavy (non-hydrogen) atoms. The molecule has 1 aromatic heterocycles. The van der Waals surface area contributed by atoms with Crippen molar-refractivity contribution in [2.24, 2.45) is 0 Å². The minimum absolute atomic E-state index is 0.722. The zero-order chi connectivity index (χ0) is 12.5. The summed E-state index contributed by atoms with van der Waals surface area (Å²) in [7, 11) is 0. The molecule has 6 heteroatoms. The number of thioether (sulfide) groups is 2. The van der Waals surface area contributed by atoms with Crippen LogP contribution < -0.4 is 4.90 Å². The van der Waals surface area contributed by atoms with Crippen molar-refractivity contribution in [3.8, 4) is 0 Å². The standard InChI is InChI=1S/C12H19NO2S3/c1-6-16-9-12(1)13-10-17-7-4-14-2-3-15-5-8-18-11-13/h1,6,9H,2-5,7-8,10-11H2. The average molecular weight is 305 g/mol. The highest BCUT2D eigenvalue weighted by Crippen LogP contribution is 2.22. The number of ether oxygens (including phenoxy) is 2. The maximum atomic E-state index is 5.50. The van der Waals surface area contributed by atoms with E-state index >= 15 is 0 Å². The van der Waals surface area contributed by atoms with Gasteiger partial charge in [0.1, 0.15) is 0 Å². The maximum absolute atomic E-state index is 5.50. The largest absolute Gasteiger partial charge is 0.378 e. The second-order valence-electron chi connectivity index (χ2n) is 3.82. The third kappa shape index (κ3) is 5.40. The fourth-order valence-electron chi connectivity index (χ4n) is 1.53. The van der Waals surface area contributed by atoms with Gasteiger partial charge in [-0.1, -0.05) is 0 Å². The average Bonchev–Trinajstić information content (AvgIpc) is 2.91. The van der Waals surface area contributed by atoms with Gasteiger partial charge in [-0.15, -0.1) is 23.5 Å². The van der Waals surface area contributed by atoms with Crippen molar-refractivity contribution in [3.63, 3.8) is 0 Å². The summed E-state index contributed by atoms with van der Waals surface area (Å²) in [4.78, 5) is 2.42. The molecule has 0 radical (unpaired) electrons. The quantitative estimate of drug-likeness (QED) is 0.793. The van der Waals surface area contributed by atoms with Gasteiger partial charge >= 0.3 is 0 Å². The summed E-state index contributed by atoms with van der Waals surface area (Å²) in [6.07, 6.45) is 0. The molecule has 102 valence electrons. The van der Waals surface area contributed by atoms with Crippen LogP contribution in [0.25, 0.3) is 0 Å². The summed E-state index contributed by atoms with van der Waals surface area (Å²) in [5.74, 6) is 4.17. The van der Waals surface area contributed by atoms with E-state index in [0.717, 1.165) is 49.7 Å². The maximum Gasteiger partial charge on any atom is 0.0700 e. The van der Waals surface area contributed by atoms with Gasteiger partial charge in [0.05, 0.1) is 38.2 Å². The van der Waals surface area contributed by atoms with E-state index in [9.17, 15) is 0 Å². The first-order chi connectivity index (χ1) is 8.97. The number of thiophene rings is 1. The van der Waals surface area contributed by atoms with E-state index in [-0.39, 0.29) is 0 Å². The lowest BCUT2D eigenvalue weighted by Crippen LogP contribution is -2.22. The highest BCUT2D eigenvalue weighted by atomic mass is 32.2. The van der Waals surface area contributed by atoms with Gasteiger partial charge in [-0.25, -0.2) is 0 Å². The van der Waals surface area contributed by atoms with Crippen LogP contribution in [0, 0.1) is 0 Å². The Balaban J connectivity index is 1.83. The van der Waals surface area contributed by atoms with Crippen LogP contribution >= 0.6 is 34.9 Å². The number of anilines is 1. The molecule has 1 fully saturated rings. The van der Waals surface area contributed by atoms with Gasteiger partial charge in [0, 0.05) is 22.6 Å². The smallest absolute Gasteiger partial charge is 0.0700 e. The molecule has 1 aliphatic rings. The van der Waals surface area contributed by atoms with Gasteiger partial charge in [-0.2, -0.15) is 11.3 Å². The van der Waals surface area contributed by atoms with E-state index < -0.39 is 0 Å². The van der Waals surface area contributed by atoms with Crippen LogP contribution in [0.15, 0.2) is 16.8 Å². The van der Waals surface area contributed by atoms with Gasteiger partial charge in [-0.05, 0) is 11.4 Å². The lowest BCUT2D eigenvalue weighted by Gasteiger charge is -2.22. The second kappa shape index (κ2) is 9.09. The SMILES string of the molecule is c1cc(N2CSCCOCCOCCSC2)cs1. The van der Waals surface area contributed by atoms with Crippen LogP contribution in [0.1, 0.15) is 0 Å². The predicted octanol–water partition coefficient (Wildman–Crippen LogP) is 2.98. The monoisotopic (exact) mass is 305 g/mol. The topological polar surface area (TPSA) is 21.7 Å². The van der Waals surface area contributed by atoms with Crippen molar-refractivity contribution in [1.29, 1.82) is 0 Å². The number of hydrogen-bond donors (Lipinski definition) is 0. The molecule has 0 aliphatic carbocycles. The third-order valence-corrected chi connectivity index (χ3v) is 5.05. The molecule has 1 saturated heterocycles. The molecule has 0 spiro atoms. The first-order valence-electron chi connectivity index (χ1n) is 6.05. The van der Waals surface area contributed by atoms with E-state index in [1.165, 1.54) is 5.69 Å². The van der Waals surface area contributed by atoms with E-state index in [1.54, 1.807) is 11.3 Å². The molecule has 0 amide bonds. The van der Waals surface area contributed by atoms with Gasteiger partial charge in [0.15, 0.2) is 0 Å². The summed E-state index contributed by atoms with van der Waals surface area (Å²) < 4.78 is 11.0. The molecular weight excluding hydrogens is 286 g/mol. The van der Waals surface area contributed by atoms with Crippen LogP contribution in [-0.2, 0) is 9.47 Å². The van der Waals surface area contributed by atoms with Crippen LogP contribution in [0.5, 0.6) is 0 Å². The first-order valence-corrected chi connectivity index (χ1v) is 9.30. The Morgan fingerprint density at radius 3 is 2.17 bits per heavy atom.